The lowest BCUT2D eigenvalue weighted by Crippen LogP contribution is -2.20. The Hall–Kier alpha value is -2.82. The summed E-state index contributed by atoms with van der Waals surface area (Å²) in [4.78, 5) is 19.6. The van der Waals surface area contributed by atoms with E-state index in [2.05, 4.69) is 15.3 Å². The van der Waals surface area contributed by atoms with E-state index in [1.54, 1.807) is 0 Å². The van der Waals surface area contributed by atoms with Crippen LogP contribution in [0.15, 0.2) is 48.5 Å². The van der Waals surface area contributed by atoms with Crippen LogP contribution in [-0.4, -0.2) is 22.5 Å². The minimum atomic E-state index is -0.196. The van der Waals surface area contributed by atoms with Gasteiger partial charge in [-0.25, -0.2) is 4.98 Å². The molecule has 0 spiro atoms. The van der Waals surface area contributed by atoms with Crippen molar-refractivity contribution in [3.05, 3.63) is 54.4 Å². The van der Waals surface area contributed by atoms with E-state index in [9.17, 15) is 4.79 Å². The molecule has 0 saturated carbocycles. The fraction of sp³-hybridized carbons (Fsp3) is 0.176. The number of nitrogens with zero attached hydrogens (tertiary/aromatic N) is 1. The van der Waals surface area contributed by atoms with Crippen molar-refractivity contribution in [2.75, 3.05) is 11.9 Å². The van der Waals surface area contributed by atoms with E-state index in [-0.39, 0.29) is 12.5 Å². The highest BCUT2D eigenvalue weighted by Gasteiger charge is 2.06. The molecule has 1 aromatic heterocycles. The summed E-state index contributed by atoms with van der Waals surface area (Å²) in [5.41, 5.74) is 2.54. The molecule has 22 heavy (non-hydrogen) atoms. The fourth-order valence-corrected chi connectivity index (χ4v) is 2.17. The largest absolute Gasteiger partial charge is 0.484 e. The van der Waals surface area contributed by atoms with E-state index < -0.39 is 0 Å². The second-order valence-corrected chi connectivity index (χ2v) is 4.92. The van der Waals surface area contributed by atoms with E-state index in [0.717, 1.165) is 29.0 Å². The number of aromatic nitrogens is 2. The Morgan fingerprint density at radius 1 is 1.23 bits per heavy atom. The third-order valence-corrected chi connectivity index (χ3v) is 3.26. The van der Waals surface area contributed by atoms with Crippen molar-refractivity contribution in [3.8, 4) is 5.75 Å². The number of nitrogens with one attached hydrogen (secondary N) is 2. The van der Waals surface area contributed by atoms with Crippen LogP contribution in [0, 0.1) is 0 Å². The molecule has 2 aromatic carbocycles. The molecule has 0 bridgehead atoms. The molecule has 5 heteroatoms. The molecular formula is C17H17N3O2. The minimum Gasteiger partial charge on any atom is -0.484 e. The number of rotatable bonds is 5. The smallest absolute Gasteiger partial charge is 0.262 e. The molecule has 0 unspecified atom stereocenters. The maximum atomic E-state index is 11.9. The lowest BCUT2D eigenvalue weighted by Gasteiger charge is -2.07. The average molecular weight is 295 g/mol. The second-order valence-electron chi connectivity index (χ2n) is 4.92. The van der Waals surface area contributed by atoms with Gasteiger partial charge in [0, 0.05) is 12.1 Å². The van der Waals surface area contributed by atoms with Crippen LogP contribution in [0.2, 0.25) is 0 Å². The molecule has 3 aromatic rings. The van der Waals surface area contributed by atoms with Crippen molar-refractivity contribution in [2.45, 2.75) is 13.3 Å². The lowest BCUT2D eigenvalue weighted by atomic mass is 10.3. The molecule has 0 fully saturated rings. The second kappa shape index (κ2) is 6.30. The summed E-state index contributed by atoms with van der Waals surface area (Å²) in [7, 11) is 0. The van der Waals surface area contributed by atoms with Gasteiger partial charge in [0.05, 0.1) is 11.0 Å². The predicted molar refractivity (Wildman–Crippen MR) is 86.0 cm³/mol. The van der Waals surface area contributed by atoms with Gasteiger partial charge < -0.3 is 15.0 Å². The Bertz CT molecular complexity index is 781. The van der Waals surface area contributed by atoms with E-state index in [0.29, 0.717) is 5.75 Å². The fourth-order valence-electron chi connectivity index (χ4n) is 2.17. The molecule has 3 rings (SSSR count). The molecule has 0 aliphatic rings. The third kappa shape index (κ3) is 3.25. The number of anilines is 1. The van der Waals surface area contributed by atoms with Crippen LogP contribution >= 0.6 is 0 Å². The summed E-state index contributed by atoms with van der Waals surface area (Å²) in [6, 6.07) is 14.9. The topological polar surface area (TPSA) is 67.0 Å². The van der Waals surface area contributed by atoms with Crippen LogP contribution in [0.5, 0.6) is 5.75 Å². The zero-order valence-electron chi connectivity index (χ0n) is 12.3. The van der Waals surface area contributed by atoms with Crippen LogP contribution in [0.1, 0.15) is 12.7 Å². The number of hydrogen-bond acceptors (Lipinski definition) is 3. The van der Waals surface area contributed by atoms with Gasteiger partial charge in [-0.2, -0.15) is 0 Å². The first-order valence-corrected chi connectivity index (χ1v) is 7.21. The van der Waals surface area contributed by atoms with Crippen molar-refractivity contribution >= 4 is 22.6 Å². The first kappa shape index (κ1) is 14.1. The predicted octanol–water partition coefficient (Wildman–Crippen LogP) is 3.14. The number of H-pyrrole nitrogens is 1. The number of hydrogen-bond donors (Lipinski definition) is 2. The molecule has 112 valence electrons. The summed E-state index contributed by atoms with van der Waals surface area (Å²) in [6.07, 6.45) is 0.849. The quantitative estimate of drug-likeness (QED) is 0.760. The number of para-hydroxylation sites is 1. The molecule has 1 amide bonds. The zero-order chi connectivity index (χ0) is 15.4. The molecule has 0 saturated heterocycles. The highest BCUT2D eigenvalue weighted by Crippen LogP contribution is 2.17. The van der Waals surface area contributed by atoms with Crippen molar-refractivity contribution in [1.29, 1.82) is 0 Å². The van der Waals surface area contributed by atoms with Gasteiger partial charge in [-0.05, 0) is 30.3 Å². The van der Waals surface area contributed by atoms with E-state index in [1.165, 1.54) is 0 Å². The maximum Gasteiger partial charge on any atom is 0.262 e. The van der Waals surface area contributed by atoms with Crippen LogP contribution in [0.25, 0.3) is 11.0 Å². The normalized spacial score (nSPS) is 10.6. The standard InChI is InChI=1S/C17H17N3O2/c1-2-16-19-14-9-8-12(10-15(14)20-16)18-17(21)11-22-13-6-4-3-5-7-13/h3-10H,2,11H2,1H3,(H,18,21)(H,19,20). The molecule has 5 nitrogen and oxygen atoms in total. The van der Waals surface area contributed by atoms with Crippen LogP contribution in [-0.2, 0) is 11.2 Å². The third-order valence-electron chi connectivity index (χ3n) is 3.26. The first-order valence-electron chi connectivity index (χ1n) is 7.21. The van der Waals surface area contributed by atoms with Gasteiger partial charge in [0.2, 0.25) is 0 Å². The monoisotopic (exact) mass is 295 g/mol. The number of aromatic amines is 1. The lowest BCUT2D eigenvalue weighted by molar-refractivity contribution is -0.118. The van der Waals surface area contributed by atoms with Crippen molar-refractivity contribution in [2.24, 2.45) is 0 Å². The number of carbonyl (C=O) groups excluding carboxylic acids is 1. The number of imidazole rings is 1. The highest BCUT2D eigenvalue weighted by molar-refractivity contribution is 5.94. The van der Waals surface area contributed by atoms with Gasteiger partial charge in [0.25, 0.3) is 5.91 Å². The van der Waals surface area contributed by atoms with Gasteiger partial charge in [0.15, 0.2) is 6.61 Å². The number of amides is 1. The van der Waals surface area contributed by atoms with Gasteiger partial charge in [-0.1, -0.05) is 25.1 Å². The molecule has 1 heterocycles. The Kier molecular flexibility index (Phi) is 4.05. The Labute approximate surface area is 128 Å². The SMILES string of the molecule is CCc1nc2ccc(NC(=O)COc3ccccc3)cc2[nH]1. The van der Waals surface area contributed by atoms with Crippen LogP contribution in [0.3, 0.4) is 0 Å². The number of fused-ring (bicyclic) bond motifs is 1. The molecule has 0 aliphatic carbocycles. The van der Waals surface area contributed by atoms with Crippen molar-refractivity contribution in [1.82, 2.24) is 9.97 Å². The van der Waals surface area contributed by atoms with Crippen molar-refractivity contribution in [3.63, 3.8) is 0 Å². The molecule has 0 radical (unpaired) electrons. The van der Waals surface area contributed by atoms with Gasteiger partial charge in [0.1, 0.15) is 11.6 Å². The van der Waals surface area contributed by atoms with Crippen LogP contribution < -0.4 is 10.1 Å². The number of aryl methyl sites for hydroxylation is 1. The zero-order valence-corrected chi connectivity index (χ0v) is 12.3. The number of carbonyl (C=O) groups is 1. The summed E-state index contributed by atoms with van der Waals surface area (Å²) in [5, 5.41) is 2.82. The van der Waals surface area contributed by atoms with Crippen molar-refractivity contribution < 1.29 is 9.53 Å². The Morgan fingerprint density at radius 2 is 2.05 bits per heavy atom. The molecule has 0 atom stereocenters. The molecular weight excluding hydrogens is 278 g/mol. The van der Waals surface area contributed by atoms with E-state index in [1.807, 2.05) is 55.5 Å². The Balaban J connectivity index is 1.63. The van der Waals surface area contributed by atoms with Crippen LogP contribution in [0.4, 0.5) is 5.69 Å². The minimum absolute atomic E-state index is 0.0226. The maximum absolute atomic E-state index is 11.9. The van der Waals surface area contributed by atoms with E-state index in [4.69, 9.17) is 4.74 Å². The summed E-state index contributed by atoms with van der Waals surface area (Å²) in [5.74, 6) is 1.42. The highest BCUT2D eigenvalue weighted by atomic mass is 16.5. The summed E-state index contributed by atoms with van der Waals surface area (Å²) < 4.78 is 5.42. The van der Waals surface area contributed by atoms with Gasteiger partial charge in [-0.3, -0.25) is 4.79 Å². The molecule has 2 N–H and O–H groups in total. The summed E-state index contributed by atoms with van der Waals surface area (Å²) in [6.45, 7) is 2.02. The average Bonchev–Trinajstić information content (AvgIpc) is 2.96. The Morgan fingerprint density at radius 3 is 2.82 bits per heavy atom. The number of ether oxygens (including phenoxy) is 1. The van der Waals surface area contributed by atoms with Gasteiger partial charge in [-0.15, -0.1) is 0 Å². The van der Waals surface area contributed by atoms with Gasteiger partial charge >= 0.3 is 0 Å². The van der Waals surface area contributed by atoms with E-state index >= 15 is 0 Å². The molecule has 0 aliphatic heterocycles. The summed E-state index contributed by atoms with van der Waals surface area (Å²) >= 11 is 0. The number of benzene rings is 2. The first-order chi connectivity index (χ1) is 10.7.